The molecule has 0 atom stereocenters. The molecular weight excluding hydrogens is 378 g/mol. The van der Waals surface area contributed by atoms with E-state index in [9.17, 15) is 0 Å². The average Bonchev–Trinajstić information content (AvgIpc) is 3.10. The predicted octanol–water partition coefficient (Wildman–Crippen LogP) is 5.97. The molecule has 27 heavy (non-hydrogen) atoms. The van der Waals surface area contributed by atoms with Crippen LogP contribution >= 0.6 is 22.9 Å². The highest BCUT2D eigenvalue weighted by Gasteiger charge is 2.03. The van der Waals surface area contributed by atoms with E-state index in [0.29, 0.717) is 11.6 Å². The first-order valence-electron chi connectivity index (χ1n) is 8.39. The third-order valence-electron chi connectivity index (χ3n) is 3.86. The number of para-hydroxylation sites is 2. The van der Waals surface area contributed by atoms with E-state index in [-0.39, 0.29) is 0 Å². The number of hydrogen-bond acceptors (Lipinski definition) is 5. The highest BCUT2D eigenvalue weighted by atomic mass is 35.5. The summed E-state index contributed by atoms with van der Waals surface area (Å²) in [6, 6.07) is 23.4. The summed E-state index contributed by atoms with van der Waals surface area (Å²) >= 11 is 7.59. The lowest BCUT2D eigenvalue weighted by Crippen LogP contribution is -1.99. The van der Waals surface area contributed by atoms with Crippen LogP contribution in [-0.2, 0) is 6.61 Å². The summed E-state index contributed by atoms with van der Waals surface area (Å²) < 4.78 is 7.06. The van der Waals surface area contributed by atoms with E-state index in [1.807, 2.05) is 72.8 Å². The average molecular weight is 394 g/mol. The first kappa shape index (κ1) is 17.5. The molecule has 0 radical (unpaired) electrons. The Morgan fingerprint density at radius 3 is 2.78 bits per heavy atom. The van der Waals surface area contributed by atoms with Crippen LogP contribution in [0.4, 0.5) is 5.13 Å². The number of hydrogen-bond donors (Lipinski definition) is 1. The maximum absolute atomic E-state index is 6.02. The molecule has 0 fully saturated rings. The number of hydrazone groups is 1. The number of thiazole rings is 1. The molecule has 0 unspecified atom stereocenters. The van der Waals surface area contributed by atoms with Crippen molar-refractivity contribution >= 4 is 44.5 Å². The third-order valence-corrected chi connectivity index (χ3v) is 5.04. The number of fused-ring (bicyclic) bond motifs is 1. The topological polar surface area (TPSA) is 46.5 Å². The van der Waals surface area contributed by atoms with Crippen molar-refractivity contribution in [1.29, 1.82) is 0 Å². The largest absolute Gasteiger partial charge is 0.488 e. The molecule has 1 N–H and O–H groups in total. The second-order valence-corrected chi connectivity index (χ2v) is 7.28. The van der Waals surface area contributed by atoms with Gasteiger partial charge in [-0.3, -0.25) is 5.43 Å². The molecule has 6 heteroatoms. The maximum Gasteiger partial charge on any atom is 0.204 e. The Hall–Kier alpha value is -2.89. The van der Waals surface area contributed by atoms with E-state index in [1.54, 1.807) is 17.6 Å². The molecule has 4 nitrogen and oxygen atoms in total. The van der Waals surface area contributed by atoms with Crippen LogP contribution in [0, 0.1) is 0 Å². The number of anilines is 1. The van der Waals surface area contributed by atoms with E-state index >= 15 is 0 Å². The molecular formula is C21H16ClN3OS. The highest BCUT2D eigenvalue weighted by Crippen LogP contribution is 2.25. The normalized spacial score (nSPS) is 11.1. The van der Waals surface area contributed by atoms with Crippen molar-refractivity contribution in [3.8, 4) is 5.75 Å². The molecule has 1 heterocycles. The lowest BCUT2D eigenvalue weighted by atomic mass is 10.2. The lowest BCUT2D eigenvalue weighted by Gasteiger charge is -2.09. The number of benzene rings is 3. The Morgan fingerprint density at radius 2 is 1.89 bits per heavy atom. The molecule has 0 aliphatic rings. The molecule has 4 aromatic rings. The van der Waals surface area contributed by atoms with Crippen molar-refractivity contribution in [2.45, 2.75) is 6.61 Å². The Kier molecular flexibility index (Phi) is 5.32. The van der Waals surface area contributed by atoms with Gasteiger partial charge in [0, 0.05) is 10.6 Å². The summed E-state index contributed by atoms with van der Waals surface area (Å²) in [5, 5.41) is 5.76. The van der Waals surface area contributed by atoms with Gasteiger partial charge in [-0.25, -0.2) is 4.98 Å². The zero-order chi connectivity index (χ0) is 18.5. The van der Waals surface area contributed by atoms with Crippen LogP contribution in [0.5, 0.6) is 5.75 Å². The van der Waals surface area contributed by atoms with Gasteiger partial charge in [0.2, 0.25) is 5.13 Å². The van der Waals surface area contributed by atoms with Crippen molar-refractivity contribution in [3.05, 3.63) is 88.9 Å². The van der Waals surface area contributed by atoms with Gasteiger partial charge in [-0.05, 0) is 42.0 Å². The van der Waals surface area contributed by atoms with Gasteiger partial charge in [0.1, 0.15) is 12.4 Å². The summed E-state index contributed by atoms with van der Waals surface area (Å²) in [6.07, 6.45) is 1.74. The van der Waals surface area contributed by atoms with Crippen molar-refractivity contribution in [2.24, 2.45) is 5.10 Å². The monoisotopic (exact) mass is 393 g/mol. The summed E-state index contributed by atoms with van der Waals surface area (Å²) in [4.78, 5) is 4.50. The van der Waals surface area contributed by atoms with E-state index in [2.05, 4.69) is 15.5 Å². The van der Waals surface area contributed by atoms with Gasteiger partial charge in [-0.15, -0.1) is 0 Å². The molecule has 0 spiro atoms. The molecule has 0 aliphatic heterocycles. The summed E-state index contributed by atoms with van der Waals surface area (Å²) in [5.74, 6) is 0.757. The lowest BCUT2D eigenvalue weighted by molar-refractivity contribution is 0.306. The molecule has 3 aromatic carbocycles. The Labute approximate surface area is 166 Å². The van der Waals surface area contributed by atoms with E-state index in [0.717, 1.165) is 32.2 Å². The third kappa shape index (κ3) is 4.45. The number of ether oxygens (including phenoxy) is 1. The predicted molar refractivity (Wildman–Crippen MR) is 113 cm³/mol. The second-order valence-electron chi connectivity index (χ2n) is 5.81. The van der Waals surface area contributed by atoms with Gasteiger partial charge in [0.15, 0.2) is 0 Å². The Bertz CT molecular complexity index is 1060. The number of aromatic nitrogens is 1. The van der Waals surface area contributed by atoms with E-state index in [1.165, 1.54) is 0 Å². The number of nitrogens with one attached hydrogen (secondary N) is 1. The highest BCUT2D eigenvalue weighted by molar-refractivity contribution is 7.22. The van der Waals surface area contributed by atoms with Crippen LogP contribution in [-0.4, -0.2) is 11.2 Å². The van der Waals surface area contributed by atoms with Crippen molar-refractivity contribution in [3.63, 3.8) is 0 Å². The van der Waals surface area contributed by atoms with Crippen molar-refractivity contribution in [2.75, 3.05) is 5.43 Å². The smallest absolute Gasteiger partial charge is 0.204 e. The maximum atomic E-state index is 6.02. The summed E-state index contributed by atoms with van der Waals surface area (Å²) in [6.45, 7) is 0.441. The zero-order valence-electron chi connectivity index (χ0n) is 14.3. The number of nitrogens with zero attached hydrogens (tertiary/aromatic N) is 2. The second kappa shape index (κ2) is 8.20. The minimum atomic E-state index is 0.441. The van der Waals surface area contributed by atoms with Crippen LogP contribution in [0.15, 0.2) is 77.9 Å². The van der Waals surface area contributed by atoms with Gasteiger partial charge in [-0.1, -0.05) is 59.3 Å². The minimum absolute atomic E-state index is 0.441. The minimum Gasteiger partial charge on any atom is -0.488 e. The Morgan fingerprint density at radius 1 is 1.04 bits per heavy atom. The SMILES string of the molecule is Clc1cccc(COc2ccccc2C=NNc2nc3ccccc3s2)c1. The molecule has 0 aliphatic carbocycles. The first-order chi connectivity index (χ1) is 13.3. The van der Waals surface area contributed by atoms with Crippen molar-refractivity contribution in [1.82, 2.24) is 4.98 Å². The standard InChI is InChI=1S/C21H16ClN3OS/c22-17-8-5-6-15(12-17)14-26-19-10-3-1-7-16(19)13-23-25-21-24-18-9-2-4-11-20(18)27-21/h1-13H,14H2,(H,24,25). The van der Waals surface area contributed by atoms with Crippen LogP contribution in [0.2, 0.25) is 5.02 Å². The molecule has 1 aromatic heterocycles. The number of halogens is 1. The van der Waals surface area contributed by atoms with Crippen LogP contribution < -0.4 is 10.2 Å². The zero-order valence-corrected chi connectivity index (χ0v) is 15.9. The van der Waals surface area contributed by atoms with E-state index in [4.69, 9.17) is 16.3 Å². The summed E-state index contributed by atoms with van der Waals surface area (Å²) in [7, 11) is 0. The van der Waals surface area contributed by atoms with Gasteiger partial charge in [-0.2, -0.15) is 5.10 Å². The number of rotatable bonds is 6. The fourth-order valence-corrected chi connectivity index (χ4v) is 3.61. The molecule has 4 rings (SSSR count). The van der Waals surface area contributed by atoms with Gasteiger partial charge < -0.3 is 4.74 Å². The molecule has 0 bridgehead atoms. The van der Waals surface area contributed by atoms with Crippen molar-refractivity contribution < 1.29 is 4.74 Å². The van der Waals surface area contributed by atoms with E-state index < -0.39 is 0 Å². The first-order valence-corrected chi connectivity index (χ1v) is 9.58. The molecule has 0 saturated heterocycles. The van der Waals surface area contributed by atoms with Gasteiger partial charge in [0.05, 0.1) is 16.4 Å². The molecule has 0 amide bonds. The van der Waals surface area contributed by atoms with Crippen LogP contribution in [0.25, 0.3) is 10.2 Å². The van der Waals surface area contributed by atoms with Crippen LogP contribution in [0.3, 0.4) is 0 Å². The van der Waals surface area contributed by atoms with Gasteiger partial charge in [0.25, 0.3) is 0 Å². The fourth-order valence-electron chi connectivity index (χ4n) is 2.58. The quantitative estimate of drug-likeness (QED) is 0.324. The molecule has 134 valence electrons. The Balaban J connectivity index is 1.44. The fraction of sp³-hybridized carbons (Fsp3) is 0.0476. The van der Waals surface area contributed by atoms with Gasteiger partial charge >= 0.3 is 0 Å². The summed E-state index contributed by atoms with van der Waals surface area (Å²) in [5.41, 5.74) is 5.86. The van der Waals surface area contributed by atoms with Crippen LogP contribution in [0.1, 0.15) is 11.1 Å². The molecule has 0 saturated carbocycles.